The first-order chi connectivity index (χ1) is 10.8. The van der Waals surface area contributed by atoms with E-state index in [4.69, 9.17) is 9.47 Å². The van der Waals surface area contributed by atoms with Crippen molar-refractivity contribution >= 4 is 15.9 Å². The summed E-state index contributed by atoms with van der Waals surface area (Å²) >= 11 is 0. The molecule has 9 heteroatoms. The molecule has 0 spiro atoms. The Labute approximate surface area is 132 Å². The van der Waals surface area contributed by atoms with Crippen LogP contribution in [0.4, 0.5) is 8.78 Å². The van der Waals surface area contributed by atoms with E-state index in [1.54, 1.807) is 4.72 Å². The smallest absolute Gasteiger partial charge is 0.264 e. The van der Waals surface area contributed by atoms with Crippen molar-refractivity contribution in [1.82, 2.24) is 4.72 Å². The second kappa shape index (κ2) is 7.33. The molecule has 1 aliphatic heterocycles. The summed E-state index contributed by atoms with van der Waals surface area (Å²) < 4.78 is 62.3. The van der Waals surface area contributed by atoms with E-state index in [9.17, 15) is 22.0 Å². The van der Waals surface area contributed by atoms with Crippen molar-refractivity contribution < 1.29 is 31.5 Å². The molecule has 0 unspecified atom stereocenters. The van der Waals surface area contributed by atoms with Crippen LogP contribution >= 0.6 is 0 Å². The normalized spacial score (nSPS) is 19.5. The summed E-state index contributed by atoms with van der Waals surface area (Å²) in [6.45, 7) is 2.21. The summed E-state index contributed by atoms with van der Waals surface area (Å²) in [4.78, 5) is 11.3. The van der Waals surface area contributed by atoms with Crippen LogP contribution in [0.1, 0.15) is 19.8 Å². The Morgan fingerprint density at radius 2 is 2.17 bits per heavy atom. The molecule has 128 valence electrons. The van der Waals surface area contributed by atoms with Gasteiger partial charge in [-0.3, -0.25) is 4.79 Å². The molecule has 2 rings (SSSR count). The topological polar surface area (TPSA) is 81.7 Å². The van der Waals surface area contributed by atoms with E-state index in [0.717, 1.165) is 18.9 Å². The maximum absolute atomic E-state index is 13.1. The van der Waals surface area contributed by atoms with Gasteiger partial charge in [0.2, 0.25) is 0 Å². The summed E-state index contributed by atoms with van der Waals surface area (Å²) in [6, 6.07) is 2.04. The monoisotopic (exact) mass is 349 g/mol. The van der Waals surface area contributed by atoms with Gasteiger partial charge in [-0.15, -0.1) is 0 Å². The molecule has 1 amide bonds. The lowest BCUT2D eigenvalue weighted by atomic mass is 10.2. The first-order valence-electron chi connectivity index (χ1n) is 7.04. The summed E-state index contributed by atoms with van der Waals surface area (Å²) in [5.41, 5.74) is 0. The van der Waals surface area contributed by atoms with Crippen molar-refractivity contribution in [2.24, 2.45) is 0 Å². The Morgan fingerprint density at radius 1 is 1.43 bits per heavy atom. The Morgan fingerprint density at radius 3 is 2.78 bits per heavy atom. The molecular weight excluding hydrogens is 332 g/mol. The first kappa shape index (κ1) is 17.8. The van der Waals surface area contributed by atoms with Crippen LogP contribution in [0.25, 0.3) is 0 Å². The molecular formula is C14H17F2NO5S. The zero-order valence-electron chi connectivity index (χ0n) is 12.4. The predicted octanol–water partition coefficient (Wildman–Crippen LogP) is 1.35. The van der Waals surface area contributed by atoms with Crippen LogP contribution in [0.15, 0.2) is 23.1 Å². The number of nitrogens with one attached hydrogen (secondary N) is 1. The van der Waals surface area contributed by atoms with Gasteiger partial charge in [-0.25, -0.2) is 21.9 Å². The standard InChI is InChI=1S/C14H17F2NO5S/c1-9(22-8-10-3-2-6-21-10)14(18)17-23(19,20)11-4-5-12(15)13(16)7-11/h4-5,7,9-10H,2-3,6,8H2,1H3,(H,17,18)/t9-,10+/m1/s1. The molecule has 1 heterocycles. The maximum atomic E-state index is 13.1. The number of carbonyl (C=O) groups is 1. The van der Waals surface area contributed by atoms with E-state index in [0.29, 0.717) is 18.7 Å². The molecule has 1 N–H and O–H groups in total. The summed E-state index contributed by atoms with van der Waals surface area (Å²) in [5, 5.41) is 0. The number of hydrogen-bond acceptors (Lipinski definition) is 5. The van der Waals surface area contributed by atoms with Crippen molar-refractivity contribution in [1.29, 1.82) is 0 Å². The van der Waals surface area contributed by atoms with Crippen LogP contribution in [-0.2, 0) is 24.3 Å². The van der Waals surface area contributed by atoms with Crippen LogP contribution in [0, 0.1) is 11.6 Å². The van der Waals surface area contributed by atoms with Crippen LogP contribution in [-0.4, -0.2) is 39.7 Å². The summed E-state index contributed by atoms with van der Waals surface area (Å²) in [7, 11) is -4.30. The lowest BCUT2D eigenvalue weighted by Crippen LogP contribution is -2.39. The molecule has 0 aliphatic carbocycles. The molecule has 1 fully saturated rings. The fraction of sp³-hybridized carbons (Fsp3) is 0.500. The molecule has 1 aromatic rings. The van der Waals surface area contributed by atoms with Gasteiger partial charge in [-0.05, 0) is 38.0 Å². The highest BCUT2D eigenvalue weighted by molar-refractivity contribution is 7.90. The Hall–Kier alpha value is -1.58. The second-order valence-corrected chi connectivity index (χ2v) is 6.84. The van der Waals surface area contributed by atoms with Gasteiger partial charge in [-0.2, -0.15) is 0 Å². The molecule has 0 aromatic heterocycles. The zero-order valence-corrected chi connectivity index (χ0v) is 13.2. The average molecular weight is 349 g/mol. The number of sulfonamides is 1. The van der Waals surface area contributed by atoms with Gasteiger partial charge in [0.15, 0.2) is 11.6 Å². The highest BCUT2D eigenvalue weighted by Crippen LogP contribution is 2.15. The minimum absolute atomic E-state index is 0.104. The van der Waals surface area contributed by atoms with Crippen LogP contribution in [0.2, 0.25) is 0 Å². The number of rotatable bonds is 6. The van der Waals surface area contributed by atoms with Gasteiger partial charge in [0, 0.05) is 6.61 Å². The number of carbonyl (C=O) groups excluding carboxylic acids is 1. The molecule has 23 heavy (non-hydrogen) atoms. The van der Waals surface area contributed by atoms with Crippen molar-refractivity contribution in [3.63, 3.8) is 0 Å². The van der Waals surface area contributed by atoms with Gasteiger partial charge < -0.3 is 9.47 Å². The third-order valence-corrected chi connectivity index (χ3v) is 4.71. The van der Waals surface area contributed by atoms with E-state index in [-0.39, 0.29) is 12.7 Å². The molecule has 2 atom stereocenters. The second-order valence-electron chi connectivity index (χ2n) is 5.16. The first-order valence-corrected chi connectivity index (χ1v) is 8.53. The minimum Gasteiger partial charge on any atom is -0.376 e. The van der Waals surface area contributed by atoms with Gasteiger partial charge in [0.05, 0.1) is 17.6 Å². The van der Waals surface area contributed by atoms with Crippen LogP contribution in [0.5, 0.6) is 0 Å². The third-order valence-electron chi connectivity index (χ3n) is 3.36. The van der Waals surface area contributed by atoms with E-state index in [1.165, 1.54) is 6.92 Å². The van der Waals surface area contributed by atoms with Gasteiger partial charge >= 0.3 is 0 Å². The van der Waals surface area contributed by atoms with Crippen LogP contribution in [0.3, 0.4) is 0 Å². The van der Waals surface area contributed by atoms with E-state index < -0.39 is 38.6 Å². The molecule has 1 aliphatic rings. The summed E-state index contributed by atoms with van der Waals surface area (Å²) in [6.07, 6.45) is 0.605. The number of benzene rings is 1. The molecule has 0 bridgehead atoms. The molecule has 1 saturated heterocycles. The quantitative estimate of drug-likeness (QED) is 0.838. The molecule has 1 aromatic carbocycles. The fourth-order valence-corrected chi connectivity index (χ4v) is 3.08. The predicted molar refractivity (Wildman–Crippen MR) is 76.1 cm³/mol. The van der Waals surface area contributed by atoms with Gasteiger partial charge in [0.1, 0.15) is 6.10 Å². The Balaban J connectivity index is 1.95. The number of hydrogen-bond donors (Lipinski definition) is 1. The molecule has 6 nitrogen and oxygen atoms in total. The lowest BCUT2D eigenvalue weighted by molar-refractivity contribution is -0.131. The van der Waals surface area contributed by atoms with E-state index in [2.05, 4.69) is 0 Å². The average Bonchev–Trinajstić information content (AvgIpc) is 3.00. The van der Waals surface area contributed by atoms with Gasteiger partial charge in [0.25, 0.3) is 15.9 Å². The number of amides is 1. The fourth-order valence-electron chi connectivity index (χ4n) is 2.02. The van der Waals surface area contributed by atoms with Crippen molar-refractivity contribution in [3.05, 3.63) is 29.8 Å². The Bertz CT molecular complexity index is 674. The highest BCUT2D eigenvalue weighted by Gasteiger charge is 2.25. The molecule has 0 saturated carbocycles. The SMILES string of the molecule is C[C@@H](OC[C@@H]1CCCO1)C(=O)NS(=O)(=O)c1ccc(F)c(F)c1. The van der Waals surface area contributed by atoms with Gasteiger partial charge in [-0.1, -0.05) is 0 Å². The molecule has 0 radical (unpaired) electrons. The van der Waals surface area contributed by atoms with E-state index >= 15 is 0 Å². The third kappa shape index (κ3) is 4.69. The number of halogens is 2. The van der Waals surface area contributed by atoms with Crippen molar-refractivity contribution in [2.45, 2.75) is 36.9 Å². The lowest BCUT2D eigenvalue weighted by Gasteiger charge is -2.16. The Kier molecular flexibility index (Phi) is 5.66. The van der Waals surface area contributed by atoms with Crippen molar-refractivity contribution in [3.8, 4) is 0 Å². The largest absolute Gasteiger partial charge is 0.376 e. The van der Waals surface area contributed by atoms with Crippen molar-refractivity contribution in [2.75, 3.05) is 13.2 Å². The minimum atomic E-state index is -4.30. The van der Waals surface area contributed by atoms with Crippen LogP contribution < -0.4 is 4.72 Å². The van der Waals surface area contributed by atoms with E-state index in [1.807, 2.05) is 0 Å². The summed E-state index contributed by atoms with van der Waals surface area (Å²) in [5.74, 6) is -3.39. The highest BCUT2D eigenvalue weighted by atomic mass is 32.2. The number of ether oxygens (including phenoxy) is 2. The zero-order chi connectivity index (χ0) is 17.0. The maximum Gasteiger partial charge on any atom is 0.264 e.